The number of fused-ring (bicyclic) bond motifs is 1. The number of carbonyl (C=O) groups excluding carboxylic acids is 1. The molecule has 1 fully saturated rings. The molecule has 5 N–H and O–H groups in total. The Hall–Kier alpha value is -4.32. The highest BCUT2D eigenvalue weighted by atomic mass is 19.1. The number of pyridine rings is 1. The monoisotopic (exact) mass is 676 g/mol. The summed E-state index contributed by atoms with van der Waals surface area (Å²) in [5.41, 5.74) is 1.45. The molecule has 3 aromatic carbocycles. The Balaban J connectivity index is 0.896. The van der Waals surface area contributed by atoms with Crippen LogP contribution in [0.25, 0.3) is 22.0 Å². The van der Waals surface area contributed by atoms with Crippen molar-refractivity contribution in [3.8, 4) is 16.9 Å². The van der Waals surface area contributed by atoms with Gasteiger partial charge in [0, 0.05) is 42.7 Å². The number of nitrogens with one attached hydrogen (secondary N) is 3. The molecule has 9 nitrogen and oxygen atoms in total. The summed E-state index contributed by atoms with van der Waals surface area (Å²) in [4.78, 5) is 29.3. The first-order valence-corrected chi connectivity index (χ1v) is 17.3. The van der Waals surface area contributed by atoms with Crippen molar-refractivity contribution >= 4 is 22.7 Å². The van der Waals surface area contributed by atoms with Gasteiger partial charge in [0.1, 0.15) is 23.5 Å². The second-order valence-electron chi connectivity index (χ2n) is 12.7. The number of piperidine rings is 1. The second kappa shape index (κ2) is 17.9. The summed E-state index contributed by atoms with van der Waals surface area (Å²) in [6.07, 6.45) is 7.66. The van der Waals surface area contributed by atoms with Crippen LogP contribution in [0, 0.1) is 11.6 Å². The Bertz CT molecular complexity index is 1730. The summed E-state index contributed by atoms with van der Waals surface area (Å²) in [6.45, 7) is 3.88. The van der Waals surface area contributed by atoms with Crippen molar-refractivity contribution in [2.75, 3.05) is 38.0 Å². The van der Waals surface area contributed by atoms with E-state index in [4.69, 9.17) is 4.74 Å². The van der Waals surface area contributed by atoms with Crippen LogP contribution in [0.15, 0.2) is 71.5 Å². The van der Waals surface area contributed by atoms with Gasteiger partial charge in [-0.1, -0.05) is 68.5 Å². The molecule has 5 rings (SSSR count). The van der Waals surface area contributed by atoms with Gasteiger partial charge in [-0.3, -0.25) is 10.1 Å². The summed E-state index contributed by atoms with van der Waals surface area (Å²) in [6, 6.07) is 16.9. The first-order valence-electron chi connectivity index (χ1n) is 17.3. The Morgan fingerprint density at radius 3 is 2.41 bits per heavy atom. The largest absolute Gasteiger partial charge is 0.506 e. The number of hydrogen-bond acceptors (Lipinski definition) is 7. The Morgan fingerprint density at radius 2 is 1.65 bits per heavy atom. The summed E-state index contributed by atoms with van der Waals surface area (Å²) >= 11 is 0. The van der Waals surface area contributed by atoms with E-state index in [1.165, 1.54) is 43.9 Å². The number of H-pyrrole nitrogens is 1. The Labute approximate surface area is 285 Å². The number of carbonyl (C=O) groups is 1. The molecule has 1 unspecified atom stereocenters. The van der Waals surface area contributed by atoms with Gasteiger partial charge in [-0.25, -0.2) is 13.6 Å². The van der Waals surface area contributed by atoms with Gasteiger partial charge < -0.3 is 30.2 Å². The number of phenols is 1. The lowest BCUT2D eigenvalue weighted by Crippen LogP contribution is -2.38. The molecule has 0 saturated carbocycles. The molecule has 2 heterocycles. The predicted molar refractivity (Wildman–Crippen MR) is 188 cm³/mol. The van der Waals surface area contributed by atoms with Crippen LogP contribution in [-0.2, 0) is 4.74 Å². The molecule has 1 saturated heterocycles. The number of nitrogens with zero attached hydrogens (tertiary/aromatic N) is 1. The van der Waals surface area contributed by atoms with Gasteiger partial charge in [-0.2, -0.15) is 0 Å². The topological polar surface area (TPSA) is 127 Å². The van der Waals surface area contributed by atoms with E-state index in [0.29, 0.717) is 41.4 Å². The number of halogens is 2. The molecule has 1 aliphatic heterocycles. The first-order chi connectivity index (χ1) is 23.8. The highest BCUT2D eigenvalue weighted by Gasteiger charge is 2.24. The normalized spacial score (nSPS) is 14.6. The first kappa shape index (κ1) is 36.0. The van der Waals surface area contributed by atoms with Gasteiger partial charge in [0.15, 0.2) is 0 Å². The number of benzene rings is 3. The zero-order valence-electron chi connectivity index (χ0n) is 27.7. The van der Waals surface area contributed by atoms with Crippen LogP contribution >= 0.6 is 0 Å². The van der Waals surface area contributed by atoms with Crippen molar-refractivity contribution < 1.29 is 28.5 Å². The average Bonchev–Trinajstić information content (AvgIpc) is 3.09. The van der Waals surface area contributed by atoms with E-state index in [2.05, 4.69) is 20.5 Å². The number of aromatic amines is 1. The summed E-state index contributed by atoms with van der Waals surface area (Å²) in [7, 11) is 0. The molecule has 0 radical (unpaired) electrons. The minimum Gasteiger partial charge on any atom is -0.506 e. The van der Waals surface area contributed by atoms with E-state index in [1.54, 1.807) is 36.4 Å². The van der Waals surface area contributed by atoms with Crippen molar-refractivity contribution in [3.05, 3.63) is 94.3 Å². The second-order valence-corrected chi connectivity index (χ2v) is 12.7. The molecule has 49 heavy (non-hydrogen) atoms. The number of amides is 1. The van der Waals surface area contributed by atoms with E-state index in [9.17, 15) is 28.6 Å². The van der Waals surface area contributed by atoms with Crippen LogP contribution in [0.3, 0.4) is 0 Å². The maximum atomic E-state index is 14.7. The van der Waals surface area contributed by atoms with E-state index >= 15 is 0 Å². The molecular formula is C38H46F2N4O5. The van der Waals surface area contributed by atoms with Gasteiger partial charge in [0.05, 0.1) is 17.3 Å². The maximum Gasteiger partial charge on any atom is 0.412 e. The van der Waals surface area contributed by atoms with Gasteiger partial charge in [0.25, 0.3) is 0 Å². The zero-order chi connectivity index (χ0) is 34.6. The number of likely N-dealkylation sites (tertiary alicyclic amines) is 1. The number of phenolic OH excluding ortho intramolecular Hbond substituents is 1. The number of aromatic nitrogens is 1. The SMILES string of the molecule is O=C(Nc1c(F)cc(F)cc1-c1ccccc1)OC1CCN(CCCCCCCCCNCC(O)c2ccc(O)c3[nH]c(=O)ccc23)CC1. The van der Waals surface area contributed by atoms with Gasteiger partial charge in [-0.15, -0.1) is 0 Å². The molecule has 1 atom stereocenters. The van der Waals surface area contributed by atoms with Crippen molar-refractivity contribution in [3.63, 3.8) is 0 Å². The van der Waals surface area contributed by atoms with Crippen LogP contribution in [0.5, 0.6) is 5.75 Å². The number of hydrogen-bond donors (Lipinski definition) is 5. The summed E-state index contributed by atoms with van der Waals surface area (Å²) in [5.74, 6) is -1.59. The van der Waals surface area contributed by atoms with E-state index in [0.717, 1.165) is 51.5 Å². The van der Waals surface area contributed by atoms with Gasteiger partial charge in [-0.05, 0) is 68.1 Å². The lowest BCUT2D eigenvalue weighted by molar-refractivity contribution is 0.0584. The van der Waals surface area contributed by atoms with Gasteiger partial charge in [0.2, 0.25) is 5.56 Å². The quantitative estimate of drug-likeness (QED) is 0.0792. The van der Waals surface area contributed by atoms with Crippen LogP contribution in [0.2, 0.25) is 0 Å². The third-order valence-corrected chi connectivity index (χ3v) is 9.11. The number of ether oxygens (including phenoxy) is 1. The Morgan fingerprint density at radius 1 is 0.939 bits per heavy atom. The third kappa shape index (κ3) is 10.3. The minimum absolute atomic E-state index is 0.0192. The number of unbranched alkanes of at least 4 members (excludes halogenated alkanes) is 6. The van der Waals surface area contributed by atoms with Crippen molar-refractivity contribution in [2.24, 2.45) is 0 Å². The molecule has 11 heteroatoms. The van der Waals surface area contributed by atoms with Crippen LogP contribution in [-0.4, -0.2) is 65.0 Å². The molecule has 262 valence electrons. The number of aliphatic hydroxyl groups excluding tert-OH is 1. The van der Waals surface area contributed by atoms with Crippen molar-refractivity contribution in [1.29, 1.82) is 0 Å². The average molecular weight is 677 g/mol. The Kier molecular flexibility index (Phi) is 13.1. The highest BCUT2D eigenvalue weighted by Crippen LogP contribution is 2.32. The van der Waals surface area contributed by atoms with Crippen molar-refractivity contribution in [2.45, 2.75) is 70.0 Å². The fourth-order valence-electron chi connectivity index (χ4n) is 6.45. The molecule has 4 aromatic rings. The lowest BCUT2D eigenvalue weighted by atomic mass is 10.0. The van der Waals surface area contributed by atoms with Crippen LogP contribution in [0.1, 0.15) is 69.5 Å². The molecular weight excluding hydrogens is 630 g/mol. The number of aromatic hydroxyl groups is 1. The minimum atomic E-state index is -0.850. The van der Waals surface area contributed by atoms with Crippen molar-refractivity contribution in [1.82, 2.24) is 15.2 Å². The zero-order valence-corrected chi connectivity index (χ0v) is 27.7. The standard InChI is InChI=1S/C38H46F2N4O5/c39-27-23-31(26-11-7-6-8-12-26)36(32(40)24-27)43-38(48)49-28-17-21-44(22-18-28)20-10-5-3-1-2-4-9-19-41-25-34(46)29-13-15-33(45)37-30(29)14-16-35(47)42-37/h6-8,11-16,23-24,28,34,41,45-46H,1-5,9-10,17-22,25H2,(H,42,47)(H,43,48). The van der Waals surface area contributed by atoms with E-state index in [1.807, 2.05) is 6.07 Å². The summed E-state index contributed by atoms with van der Waals surface area (Å²) < 4.78 is 34.2. The molecule has 1 aromatic heterocycles. The third-order valence-electron chi connectivity index (χ3n) is 9.11. The van der Waals surface area contributed by atoms with E-state index in [-0.39, 0.29) is 28.7 Å². The van der Waals surface area contributed by atoms with E-state index < -0.39 is 23.8 Å². The molecule has 1 aliphatic rings. The van der Waals surface area contributed by atoms with Crippen LogP contribution < -0.4 is 16.2 Å². The number of anilines is 1. The number of rotatable bonds is 16. The fourth-order valence-corrected chi connectivity index (χ4v) is 6.45. The lowest BCUT2D eigenvalue weighted by Gasteiger charge is -2.31. The fraction of sp³-hybridized carbons (Fsp3) is 0.421. The molecule has 0 bridgehead atoms. The number of aliphatic hydroxyl groups is 1. The van der Waals surface area contributed by atoms with Gasteiger partial charge >= 0.3 is 6.09 Å². The predicted octanol–water partition coefficient (Wildman–Crippen LogP) is 7.25. The van der Waals surface area contributed by atoms with Crippen LogP contribution in [0.4, 0.5) is 19.3 Å². The highest BCUT2D eigenvalue weighted by molar-refractivity contribution is 5.92. The summed E-state index contributed by atoms with van der Waals surface area (Å²) in [5, 5.41) is 27.2. The smallest absolute Gasteiger partial charge is 0.412 e. The molecule has 1 amide bonds. The molecule has 0 spiro atoms. The molecule has 0 aliphatic carbocycles. The maximum absolute atomic E-state index is 14.7.